The van der Waals surface area contributed by atoms with E-state index < -0.39 is 0 Å². The van der Waals surface area contributed by atoms with Gasteiger partial charge in [-0.05, 0) is 55.4 Å². The molecule has 0 saturated heterocycles. The van der Waals surface area contributed by atoms with Crippen LogP contribution in [0.25, 0.3) is 0 Å². The van der Waals surface area contributed by atoms with Gasteiger partial charge in [0.25, 0.3) is 0 Å². The zero-order valence-electron chi connectivity index (χ0n) is 20.5. The van der Waals surface area contributed by atoms with Crippen LogP contribution in [0.3, 0.4) is 0 Å². The van der Waals surface area contributed by atoms with E-state index in [1.54, 1.807) is 24.8 Å². The summed E-state index contributed by atoms with van der Waals surface area (Å²) in [7, 11) is 0. The molecule has 0 saturated carbocycles. The Hall–Kier alpha value is -3.48. The predicted octanol–water partition coefficient (Wildman–Crippen LogP) is 4.79. The number of esters is 2. The van der Waals surface area contributed by atoms with Gasteiger partial charge in [0, 0.05) is 50.2 Å². The Balaban J connectivity index is 1.49. The van der Waals surface area contributed by atoms with E-state index in [1.807, 2.05) is 41.6 Å². The van der Waals surface area contributed by atoms with Crippen molar-refractivity contribution in [1.82, 2.24) is 14.9 Å². The first kappa shape index (κ1) is 26.1. The summed E-state index contributed by atoms with van der Waals surface area (Å²) in [5.74, 6) is -0.765. The van der Waals surface area contributed by atoms with Gasteiger partial charge in [0.2, 0.25) is 0 Å². The van der Waals surface area contributed by atoms with Gasteiger partial charge in [0.15, 0.2) is 0 Å². The van der Waals surface area contributed by atoms with Crippen molar-refractivity contribution < 1.29 is 19.1 Å². The number of aryl methyl sites for hydroxylation is 2. The van der Waals surface area contributed by atoms with Crippen LogP contribution in [-0.4, -0.2) is 46.6 Å². The molecule has 0 amide bonds. The quantitative estimate of drug-likeness (QED) is 0.286. The molecule has 7 heteroatoms. The molecular weight excluding hydrogens is 442 g/mol. The summed E-state index contributed by atoms with van der Waals surface area (Å²) in [5.41, 5.74) is 3.18. The van der Waals surface area contributed by atoms with Crippen molar-refractivity contribution in [3.63, 3.8) is 0 Å². The van der Waals surface area contributed by atoms with Gasteiger partial charge in [0.1, 0.15) is 0 Å². The maximum atomic E-state index is 12.8. The Bertz CT molecular complexity index is 914. The van der Waals surface area contributed by atoms with Crippen LogP contribution < -0.4 is 0 Å². The Morgan fingerprint density at radius 3 is 1.83 bits per heavy atom. The second-order valence-electron chi connectivity index (χ2n) is 8.63. The SMILES string of the molecule is CCCCCN1C=C(C(=O)OCCCc2cccnc2)CC(C(=O)OCCCc2cccnc2)=C1. The summed E-state index contributed by atoms with van der Waals surface area (Å²) in [6.45, 7) is 3.52. The molecule has 0 aromatic carbocycles. The van der Waals surface area contributed by atoms with Gasteiger partial charge >= 0.3 is 11.9 Å². The summed E-state index contributed by atoms with van der Waals surface area (Å²) < 4.78 is 11.0. The van der Waals surface area contributed by atoms with Crippen molar-refractivity contribution in [2.24, 2.45) is 0 Å². The van der Waals surface area contributed by atoms with E-state index in [0.717, 1.165) is 49.8 Å². The molecule has 1 aliphatic rings. The maximum Gasteiger partial charge on any atom is 0.335 e. The molecule has 3 heterocycles. The number of nitrogens with zero attached hydrogens (tertiary/aromatic N) is 3. The largest absolute Gasteiger partial charge is 0.462 e. The Morgan fingerprint density at radius 1 is 0.829 bits per heavy atom. The van der Waals surface area contributed by atoms with E-state index in [0.29, 0.717) is 37.2 Å². The molecular formula is C28H35N3O4. The molecule has 186 valence electrons. The van der Waals surface area contributed by atoms with Crippen LogP contribution in [0.4, 0.5) is 0 Å². The molecule has 0 radical (unpaired) electrons. The number of carbonyl (C=O) groups excluding carboxylic acids is 2. The number of ether oxygens (including phenoxy) is 2. The van der Waals surface area contributed by atoms with Crippen molar-refractivity contribution in [2.75, 3.05) is 19.8 Å². The first-order chi connectivity index (χ1) is 17.2. The highest BCUT2D eigenvalue weighted by Crippen LogP contribution is 2.22. The fourth-order valence-electron chi connectivity index (χ4n) is 3.82. The molecule has 0 unspecified atom stereocenters. The first-order valence-corrected chi connectivity index (χ1v) is 12.4. The Kier molecular flexibility index (Phi) is 11.0. The average molecular weight is 478 g/mol. The lowest BCUT2D eigenvalue weighted by Crippen LogP contribution is -2.24. The van der Waals surface area contributed by atoms with Gasteiger partial charge in [-0.25, -0.2) is 9.59 Å². The molecule has 0 N–H and O–H groups in total. The lowest BCUT2D eigenvalue weighted by Gasteiger charge is -2.24. The van der Waals surface area contributed by atoms with Crippen molar-refractivity contribution in [2.45, 2.75) is 58.3 Å². The second-order valence-corrected chi connectivity index (χ2v) is 8.63. The smallest absolute Gasteiger partial charge is 0.335 e. The van der Waals surface area contributed by atoms with Gasteiger partial charge in [0.05, 0.1) is 24.4 Å². The molecule has 1 aliphatic heterocycles. The minimum absolute atomic E-state index is 0.215. The van der Waals surface area contributed by atoms with E-state index in [1.165, 1.54) is 0 Å². The number of carbonyl (C=O) groups is 2. The van der Waals surface area contributed by atoms with Crippen LogP contribution in [0.5, 0.6) is 0 Å². The minimum atomic E-state index is -0.383. The number of unbranched alkanes of at least 4 members (excludes halogenated alkanes) is 2. The van der Waals surface area contributed by atoms with E-state index in [-0.39, 0.29) is 18.4 Å². The molecule has 0 fully saturated rings. The lowest BCUT2D eigenvalue weighted by molar-refractivity contribution is -0.139. The van der Waals surface area contributed by atoms with Crippen molar-refractivity contribution in [3.05, 3.63) is 83.7 Å². The lowest BCUT2D eigenvalue weighted by atomic mass is 10.0. The summed E-state index contributed by atoms with van der Waals surface area (Å²) in [4.78, 5) is 35.6. The number of aromatic nitrogens is 2. The maximum absolute atomic E-state index is 12.8. The van der Waals surface area contributed by atoms with E-state index in [9.17, 15) is 9.59 Å². The number of rotatable bonds is 14. The van der Waals surface area contributed by atoms with Crippen LogP contribution in [-0.2, 0) is 31.9 Å². The third-order valence-corrected chi connectivity index (χ3v) is 5.70. The molecule has 35 heavy (non-hydrogen) atoms. The normalized spacial score (nSPS) is 13.1. The van der Waals surface area contributed by atoms with Crippen LogP contribution in [0, 0.1) is 0 Å². The van der Waals surface area contributed by atoms with Crippen LogP contribution in [0.2, 0.25) is 0 Å². The third kappa shape index (κ3) is 9.35. The molecule has 0 atom stereocenters. The van der Waals surface area contributed by atoms with Crippen molar-refractivity contribution in [3.8, 4) is 0 Å². The Morgan fingerprint density at radius 2 is 1.37 bits per heavy atom. The zero-order valence-corrected chi connectivity index (χ0v) is 20.5. The highest BCUT2D eigenvalue weighted by atomic mass is 16.5. The molecule has 0 spiro atoms. The molecule has 2 aromatic heterocycles. The van der Waals surface area contributed by atoms with E-state index in [2.05, 4.69) is 16.9 Å². The minimum Gasteiger partial charge on any atom is -0.462 e. The van der Waals surface area contributed by atoms with E-state index >= 15 is 0 Å². The average Bonchev–Trinajstić information content (AvgIpc) is 2.90. The number of pyridine rings is 2. The van der Waals surface area contributed by atoms with Crippen molar-refractivity contribution >= 4 is 11.9 Å². The molecule has 7 nitrogen and oxygen atoms in total. The van der Waals surface area contributed by atoms with Gasteiger partial charge in [-0.15, -0.1) is 0 Å². The van der Waals surface area contributed by atoms with Gasteiger partial charge < -0.3 is 14.4 Å². The fraction of sp³-hybridized carbons (Fsp3) is 0.429. The van der Waals surface area contributed by atoms with Crippen LogP contribution in [0.1, 0.15) is 56.6 Å². The van der Waals surface area contributed by atoms with Crippen LogP contribution in [0.15, 0.2) is 72.6 Å². The summed E-state index contributed by atoms with van der Waals surface area (Å²) >= 11 is 0. The predicted molar refractivity (Wildman–Crippen MR) is 134 cm³/mol. The zero-order chi connectivity index (χ0) is 24.7. The standard InChI is InChI=1S/C28H35N3O4/c1-2-3-4-15-31-21-25(27(32)34-16-7-11-23-9-5-13-29-19-23)18-26(22-31)28(33)35-17-8-12-24-10-6-14-30-20-24/h5-6,9-10,13-14,19-22H,2-4,7-8,11-12,15-18H2,1H3. The van der Waals surface area contributed by atoms with E-state index in [4.69, 9.17) is 9.47 Å². The van der Waals surface area contributed by atoms with Gasteiger partial charge in [-0.1, -0.05) is 31.9 Å². The van der Waals surface area contributed by atoms with Crippen LogP contribution >= 0.6 is 0 Å². The highest BCUT2D eigenvalue weighted by Gasteiger charge is 2.24. The second kappa shape index (κ2) is 14.7. The third-order valence-electron chi connectivity index (χ3n) is 5.70. The molecule has 0 bridgehead atoms. The fourth-order valence-corrected chi connectivity index (χ4v) is 3.82. The molecule has 2 aromatic rings. The summed E-state index contributed by atoms with van der Waals surface area (Å²) in [6, 6.07) is 7.80. The van der Waals surface area contributed by atoms with Gasteiger partial charge in [-0.3, -0.25) is 9.97 Å². The number of hydrogen-bond donors (Lipinski definition) is 0. The summed E-state index contributed by atoms with van der Waals surface area (Å²) in [6.07, 6.45) is 17.1. The highest BCUT2D eigenvalue weighted by molar-refractivity contribution is 5.95. The molecule has 3 rings (SSSR count). The van der Waals surface area contributed by atoms with Gasteiger partial charge in [-0.2, -0.15) is 0 Å². The topological polar surface area (TPSA) is 81.6 Å². The molecule has 0 aliphatic carbocycles. The Labute approximate surface area is 207 Å². The van der Waals surface area contributed by atoms with Crippen molar-refractivity contribution in [1.29, 1.82) is 0 Å². The number of hydrogen-bond acceptors (Lipinski definition) is 7. The monoisotopic (exact) mass is 477 g/mol. The first-order valence-electron chi connectivity index (χ1n) is 12.4. The summed E-state index contributed by atoms with van der Waals surface area (Å²) in [5, 5.41) is 0.